The van der Waals surface area contributed by atoms with E-state index in [0.717, 1.165) is 25.5 Å². The van der Waals surface area contributed by atoms with E-state index >= 15 is 0 Å². The second-order valence-electron chi connectivity index (χ2n) is 3.85. The maximum Gasteiger partial charge on any atom is 0.267 e. The Labute approximate surface area is 89.0 Å². The molecule has 86 valence electrons. The van der Waals surface area contributed by atoms with Gasteiger partial charge in [0.15, 0.2) is 0 Å². The fraction of sp³-hybridized carbons (Fsp3) is 0.875. The Balaban J connectivity index is 2.58. The number of carbonyl (C=O) groups is 1. The number of nitrogens with zero attached hydrogens (tertiary/aromatic N) is 2. The predicted molar refractivity (Wildman–Crippen MR) is 54.6 cm³/mol. The molecule has 1 amide bonds. The van der Waals surface area contributed by atoms with Crippen molar-refractivity contribution in [2.75, 3.05) is 6.26 Å². The second kappa shape index (κ2) is 4.69. The van der Waals surface area contributed by atoms with E-state index in [4.69, 9.17) is 5.73 Å². The van der Waals surface area contributed by atoms with Crippen LogP contribution < -0.4 is 5.73 Å². The van der Waals surface area contributed by atoms with Gasteiger partial charge in [-0.1, -0.05) is 10.9 Å². The van der Waals surface area contributed by atoms with Gasteiger partial charge < -0.3 is 5.73 Å². The van der Waals surface area contributed by atoms with Crippen LogP contribution in [0.15, 0.2) is 9.63 Å². The van der Waals surface area contributed by atoms with Gasteiger partial charge in [-0.3, -0.25) is 4.79 Å². The van der Waals surface area contributed by atoms with Crippen molar-refractivity contribution in [2.45, 2.75) is 31.7 Å². The molecule has 2 N–H and O–H groups in total. The molecular formula is C8H15N3O3S. The Morgan fingerprint density at radius 1 is 1.40 bits per heavy atom. The fourth-order valence-corrected chi connectivity index (χ4v) is 1.98. The molecule has 0 aliphatic heterocycles. The van der Waals surface area contributed by atoms with Crippen molar-refractivity contribution in [3.8, 4) is 0 Å². The highest BCUT2D eigenvalue weighted by Crippen LogP contribution is 2.26. The van der Waals surface area contributed by atoms with Crippen molar-refractivity contribution in [2.24, 2.45) is 21.3 Å². The topological polar surface area (TPSA) is 102 Å². The zero-order valence-corrected chi connectivity index (χ0v) is 9.40. The smallest absolute Gasteiger partial charge is 0.267 e. The summed E-state index contributed by atoms with van der Waals surface area (Å²) in [5.41, 5.74) is 5.18. The van der Waals surface area contributed by atoms with Gasteiger partial charge in [0.2, 0.25) is 5.91 Å². The molecule has 1 aliphatic rings. The van der Waals surface area contributed by atoms with Gasteiger partial charge in [-0.25, -0.2) is 8.42 Å². The minimum Gasteiger partial charge on any atom is -0.369 e. The molecule has 1 fully saturated rings. The molecular weight excluding hydrogens is 218 g/mol. The lowest BCUT2D eigenvalue weighted by Crippen LogP contribution is -2.29. The van der Waals surface area contributed by atoms with Crippen LogP contribution in [-0.4, -0.2) is 26.6 Å². The van der Waals surface area contributed by atoms with Gasteiger partial charge in [-0.15, -0.1) is 0 Å². The summed E-state index contributed by atoms with van der Waals surface area (Å²) >= 11 is 0. The highest BCUT2D eigenvalue weighted by atomic mass is 32.2. The second-order valence-corrected chi connectivity index (χ2v) is 5.48. The van der Waals surface area contributed by atoms with E-state index in [-0.39, 0.29) is 17.9 Å². The van der Waals surface area contributed by atoms with E-state index in [1.807, 2.05) is 0 Å². The van der Waals surface area contributed by atoms with Crippen molar-refractivity contribution < 1.29 is 13.2 Å². The molecule has 0 radical (unpaired) electrons. The molecule has 0 aromatic rings. The van der Waals surface area contributed by atoms with Crippen LogP contribution in [0.2, 0.25) is 0 Å². The number of rotatable bonds is 3. The standard InChI is InChI=1S/C8H15N3O3S/c1-15(13,14)11-10-7-4-2-3-6(5-7)8(9)12/h6-7H,2-5H2,1H3,(H2,9,12). The van der Waals surface area contributed by atoms with E-state index in [1.54, 1.807) is 0 Å². The normalized spacial score (nSPS) is 28.1. The molecule has 1 rings (SSSR count). The first-order valence-corrected chi connectivity index (χ1v) is 6.65. The third kappa shape index (κ3) is 4.37. The maximum atomic E-state index is 10.9. The van der Waals surface area contributed by atoms with Crippen LogP contribution in [0, 0.1) is 5.92 Å². The van der Waals surface area contributed by atoms with E-state index < -0.39 is 10.0 Å². The van der Waals surface area contributed by atoms with Gasteiger partial charge in [0, 0.05) is 5.92 Å². The summed E-state index contributed by atoms with van der Waals surface area (Å²) in [5.74, 6) is -0.531. The first-order valence-electron chi connectivity index (χ1n) is 4.80. The van der Waals surface area contributed by atoms with Crippen LogP contribution in [-0.2, 0) is 14.8 Å². The summed E-state index contributed by atoms with van der Waals surface area (Å²) < 4.78 is 24.7. The Hall–Kier alpha value is -0.980. The molecule has 0 aromatic carbocycles. The van der Waals surface area contributed by atoms with Gasteiger partial charge in [-0.2, -0.15) is 5.11 Å². The molecule has 0 saturated heterocycles. The Bertz CT molecular complexity index is 363. The molecule has 0 spiro atoms. The summed E-state index contributed by atoms with van der Waals surface area (Å²) in [6, 6.07) is -0.189. The summed E-state index contributed by atoms with van der Waals surface area (Å²) in [6.07, 6.45) is 3.86. The first kappa shape index (κ1) is 12.1. The average Bonchev–Trinajstić information content (AvgIpc) is 2.14. The Morgan fingerprint density at radius 2 is 2.07 bits per heavy atom. The molecule has 1 aliphatic carbocycles. The number of hydrogen-bond acceptors (Lipinski definition) is 4. The van der Waals surface area contributed by atoms with Crippen molar-refractivity contribution in [3.05, 3.63) is 0 Å². The van der Waals surface area contributed by atoms with Crippen LogP contribution >= 0.6 is 0 Å². The largest absolute Gasteiger partial charge is 0.369 e. The summed E-state index contributed by atoms with van der Waals surface area (Å²) in [7, 11) is -3.42. The van der Waals surface area contributed by atoms with Crippen LogP contribution in [0.5, 0.6) is 0 Å². The lowest BCUT2D eigenvalue weighted by molar-refractivity contribution is -0.122. The van der Waals surface area contributed by atoms with Crippen LogP contribution in [0.4, 0.5) is 0 Å². The molecule has 1 saturated carbocycles. The SMILES string of the molecule is CS(=O)(=O)N=NC1CCCC(C(N)=O)C1. The van der Waals surface area contributed by atoms with Gasteiger partial charge in [-0.05, 0) is 19.3 Å². The number of carbonyl (C=O) groups excluding carboxylic acids is 1. The average molecular weight is 233 g/mol. The molecule has 0 heterocycles. The quantitative estimate of drug-likeness (QED) is 0.715. The lowest BCUT2D eigenvalue weighted by atomic mass is 9.86. The summed E-state index contributed by atoms with van der Waals surface area (Å²) in [5, 5.41) is 3.72. The molecule has 15 heavy (non-hydrogen) atoms. The predicted octanol–water partition coefficient (Wildman–Crippen LogP) is 0.442. The van der Waals surface area contributed by atoms with Crippen molar-refractivity contribution in [3.63, 3.8) is 0 Å². The highest BCUT2D eigenvalue weighted by Gasteiger charge is 2.25. The van der Waals surface area contributed by atoms with Crippen molar-refractivity contribution >= 4 is 15.9 Å². The molecule has 7 heteroatoms. The van der Waals surface area contributed by atoms with Gasteiger partial charge in [0.05, 0.1) is 12.3 Å². The maximum absolute atomic E-state index is 10.9. The zero-order chi connectivity index (χ0) is 11.5. The van der Waals surface area contributed by atoms with Crippen molar-refractivity contribution in [1.29, 1.82) is 0 Å². The highest BCUT2D eigenvalue weighted by molar-refractivity contribution is 7.89. The molecule has 2 atom stereocenters. The van der Waals surface area contributed by atoms with Crippen molar-refractivity contribution in [1.82, 2.24) is 0 Å². The first-order chi connectivity index (χ1) is 6.88. The minimum absolute atomic E-state index is 0.189. The summed E-state index contributed by atoms with van der Waals surface area (Å²) in [6.45, 7) is 0. The van der Waals surface area contributed by atoms with E-state index in [1.165, 1.54) is 0 Å². The fourth-order valence-electron chi connectivity index (χ4n) is 1.68. The molecule has 6 nitrogen and oxygen atoms in total. The minimum atomic E-state index is -3.42. The van der Waals surface area contributed by atoms with E-state index in [2.05, 4.69) is 9.63 Å². The molecule has 0 aromatic heterocycles. The van der Waals surface area contributed by atoms with Crippen LogP contribution in [0.25, 0.3) is 0 Å². The number of hydrogen-bond donors (Lipinski definition) is 1. The van der Waals surface area contributed by atoms with E-state index in [0.29, 0.717) is 6.42 Å². The summed E-state index contributed by atoms with van der Waals surface area (Å²) in [4.78, 5) is 10.9. The lowest BCUT2D eigenvalue weighted by Gasteiger charge is -2.23. The van der Waals surface area contributed by atoms with Gasteiger partial charge in [0.25, 0.3) is 10.0 Å². The number of primary amides is 1. The third-order valence-electron chi connectivity index (χ3n) is 2.41. The molecule has 2 unspecified atom stereocenters. The van der Waals surface area contributed by atoms with Gasteiger partial charge in [0.1, 0.15) is 0 Å². The third-order valence-corrected chi connectivity index (χ3v) is 2.80. The number of nitrogens with two attached hydrogens (primary N) is 1. The Morgan fingerprint density at radius 3 is 2.60 bits per heavy atom. The van der Waals surface area contributed by atoms with Crippen LogP contribution in [0.1, 0.15) is 25.7 Å². The zero-order valence-electron chi connectivity index (χ0n) is 8.59. The number of amides is 1. The molecule has 0 bridgehead atoms. The Kier molecular flexibility index (Phi) is 3.78. The van der Waals surface area contributed by atoms with Crippen LogP contribution in [0.3, 0.4) is 0 Å². The van der Waals surface area contributed by atoms with E-state index in [9.17, 15) is 13.2 Å². The van der Waals surface area contributed by atoms with Gasteiger partial charge >= 0.3 is 0 Å². The monoisotopic (exact) mass is 233 g/mol. The number of sulfonamides is 1.